The van der Waals surface area contributed by atoms with Crippen molar-refractivity contribution in [1.29, 1.82) is 0 Å². The second-order valence-electron chi connectivity index (χ2n) is 7.46. The van der Waals surface area contributed by atoms with Crippen LogP contribution in [0, 0.1) is 0 Å². The second-order valence-corrected chi connectivity index (χ2v) is 8.28. The normalized spacial score (nSPS) is 14.4. The highest BCUT2D eigenvalue weighted by molar-refractivity contribution is 6.42. The summed E-state index contributed by atoms with van der Waals surface area (Å²) in [5, 5.41) is 4.06. The van der Waals surface area contributed by atoms with E-state index < -0.39 is 5.91 Å². The molecule has 0 bridgehead atoms. The summed E-state index contributed by atoms with van der Waals surface area (Å²) >= 11 is 11.8. The second kappa shape index (κ2) is 15.8. The van der Waals surface area contributed by atoms with Gasteiger partial charge in [0, 0.05) is 31.7 Å². The van der Waals surface area contributed by atoms with Crippen LogP contribution in [-0.2, 0) is 23.8 Å². The average Bonchev–Trinajstić information content (AvgIpc) is 2.80. The number of rotatable bonds is 14. The molecule has 0 unspecified atom stereocenters. The summed E-state index contributed by atoms with van der Waals surface area (Å²) in [6.07, 6.45) is 3.69. The van der Waals surface area contributed by atoms with Crippen LogP contribution >= 0.6 is 23.2 Å². The average molecular weight is 503 g/mol. The molecular formula is C22H32Cl2N4O5. The highest BCUT2D eigenvalue weighted by Crippen LogP contribution is 2.24. The molecule has 184 valence electrons. The number of halogens is 2. The van der Waals surface area contributed by atoms with E-state index in [0.29, 0.717) is 42.8 Å². The quantitative estimate of drug-likeness (QED) is 0.228. The molecule has 1 saturated heterocycles. The first-order valence-electron chi connectivity index (χ1n) is 11.0. The number of likely N-dealkylation sites (tertiary alicyclic amines) is 1. The first kappa shape index (κ1) is 27.3. The molecule has 0 radical (unpaired) electrons. The zero-order valence-electron chi connectivity index (χ0n) is 18.7. The van der Waals surface area contributed by atoms with Gasteiger partial charge in [0.05, 0.1) is 36.5 Å². The molecule has 1 aromatic rings. The number of hydrogen-bond donors (Lipinski definition) is 2. The lowest BCUT2D eigenvalue weighted by Gasteiger charge is -2.26. The van der Waals surface area contributed by atoms with Crippen LogP contribution in [-0.4, -0.2) is 81.8 Å². The molecule has 0 spiro atoms. The molecular weight excluding hydrogens is 471 g/mol. The number of ether oxygens (including phenoxy) is 3. The van der Waals surface area contributed by atoms with Crippen LogP contribution in [0.5, 0.6) is 0 Å². The number of nitrogens with one attached hydrogen (secondary N) is 1. The van der Waals surface area contributed by atoms with Crippen molar-refractivity contribution in [2.75, 3.05) is 64.6 Å². The van der Waals surface area contributed by atoms with Gasteiger partial charge in [-0.1, -0.05) is 23.2 Å². The van der Waals surface area contributed by atoms with Crippen LogP contribution in [0.2, 0.25) is 10.0 Å². The van der Waals surface area contributed by atoms with Gasteiger partial charge < -0.3 is 30.2 Å². The summed E-state index contributed by atoms with van der Waals surface area (Å²) < 4.78 is 15.9. The van der Waals surface area contributed by atoms with Crippen LogP contribution in [0.1, 0.15) is 25.7 Å². The Morgan fingerprint density at radius 3 is 2.33 bits per heavy atom. The summed E-state index contributed by atoms with van der Waals surface area (Å²) in [4.78, 5) is 29.4. The first-order valence-corrected chi connectivity index (χ1v) is 11.8. The highest BCUT2D eigenvalue weighted by atomic mass is 35.5. The van der Waals surface area contributed by atoms with Gasteiger partial charge in [-0.15, -0.1) is 0 Å². The topological polar surface area (TPSA) is 115 Å². The first-order chi connectivity index (χ1) is 16.0. The number of amidine groups is 1. The maximum Gasteiger partial charge on any atom is 0.273 e. The molecule has 0 aliphatic carbocycles. The van der Waals surface area contributed by atoms with Gasteiger partial charge in [-0.25, -0.2) is 0 Å². The van der Waals surface area contributed by atoms with Gasteiger partial charge in [0.25, 0.3) is 5.91 Å². The van der Waals surface area contributed by atoms with Crippen molar-refractivity contribution in [1.82, 2.24) is 4.90 Å². The summed E-state index contributed by atoms with van der Waals surface area (Å²) in [5.41, 5.74) is 6.58. The summed E-state index contributed by atoms with van der Waals surface area (Å²) in [7, 11) is 0. The van der Waals surface area contributed by atoms with Gasteiger partial charge >= 0.3 is 0 Å². The number of piperidine rings is 1. The number of carbonyl (C=O) groups is 2. The molecule has 3 N–H and O–H groups in total. The van der Waals surface area contributed by atoms with E-state index in [4.69, 9.17) is 43.1 Å². The SMILES string of the molecule is NC(CCNc1ccc(Cl)c(Cl)c1)=NC(=O)COCCOCCOCC(=O)N1CCCCC1. The fourth-order valence-electron chi connectivity index (χ4n) is 3.08. The lowest BCUT2D eigenvalue weighted by atomic mass is 10.1. The van der Waals surface area contributed by atoms with E-state index in [0.717, 1.165) is 31.6 Å². The molecule has 0 aromatic heterocycles. The number of benzene rings is 1. The van der Waals surface area contributed by atoms with Gasteiger partial charge in [-0.2, -0.15) is 4.99 Å². The molecule has 1 heterocycles. The van der Waals surface area contributed by atoms with Crippen LogP contribution in [0.15, 0.2) is 23.2 Å². The standard InChI is InChI=1S/C22H32Cl2N4O5/c23-18-5-4-17(14-19(18)24)26-7-6-20(25)27-21(29)15-32-12-10-31-11-13-33-16-22(30)28-8-2-1-3-9-28/h4-5,14,26H,1-3,6-13,15-16H2,(H2,25,27,29). The minimum atomic E-state index is -0.457. The van der Waals surface area contributed by atoms with E-state index in [1.807, 2.05) is 4.90 Å². The van der Waals surface area contributed by atoms with Gasteiger partial charge in [0.2, 0.25) is 5.91 Å². The van der Waals surface area contributed by atoms with Crippen molar-refractivity contribution in [2.45, 2.75) is 25.7 Å². The van der Waals surface area contributed by atoms with Crippen molar-refractivity contribution in [2.24, 2.45) is 10.7 Å². The fraction of sp³-hybridized carbons (Fsp3) is 0.591. The zero-order valence-corrected chi connectivity index (χ0v) is 20.2. The Balaban J connectivity index is 1.44. The Morgan fingerprint density at radius 2 is 1.64 bits per heavy atom. The van der Waals surface area contributed by atoms with Gasteiger partial charge in [-0.05, 0) is 37.5 Å². The summed E-state index contributed by atoms with van der Waals surface area (Å²) in [5.74, 6) is -0.216. The molecule has 0 saturated carbocycles. The predicted molar refractivity (Wildman–Crippen MR) is 129 cm³/mol. The predicted octanol–water partition coefficient (Wildman–Crippen LogP) is 2.74. The van der Waals surface area contributed by atoms with Gasteiger partial charge in [-0.3, -0.25) is 9.59 Å². The maximum atomic E-state index is 11.9. The van der Waals surface area contributed by atoms with E-state index in [1.54, 1.807) is 18.2 Å². The Labute approximate surface area is 204 Å². The van der Waals surface area contributed by atoms with Crippen molar-refractivity contribution in [3.05, 3.63) is 28.2 Å². The van der Waals surface area contributed by atoms with Crippen LogP contribution in [0.25, 0.3) is 0 Å². The van der Waals surface area contributed by atoms with Crippen LogP contribution < -0.4 is 11.1 Å². The molecule has 1 aliphatic heterocycles. The number of nitrogens with two attached hydrogens (primary N) is 1. The van der Waals surface area contributed by atoms with Gasteiger partial charge in [0.15, 0.2) is 0 Å². The number of aliphatic imine (C=N–C) groups is 1. The third kappa shape index (κ3) is 11.7. The summed E-state index contributed by atoms with van der Waals surface area (Å²) in [6.45, 7) is 3.26. The van der Waals surface area contributed by atoms with Crippen molar-refractivity contribution in [3.8, 4) is 0 Å². The Bertz CT molecular complexity index is 788. The lowest BCUT2D eigenvalue weighted by molar-refractivity contribution is -0.137. The van der Waals surface area contributed by atoms with Crippen LogP contribution in [0.4, 0.5) is 5.69 Å². The minimum absolute atomic E-state index is 0.0292. The molecule has 1 fully saturated rings. The Hall–Kier alpha value is -1.91. The van der Waals surface area contributed by atoms with Gasteiger partial charge in [0.1, 0.15) is 19.0 Å². The molecule has 1 aliphatic rings. The molecule has 33 heavy (non-hydrogen) atoms. The van der Waals surface area contributed by atoms with Crippen LogP contribution in [0.3, 0.4) is 0 Å². The Morgan fingerprint density at radius 1 is 0.970 bits per heavy atom. The number of hydrogen-bond acceptors (Lipinski definition) is 6. The van der Waals surface area contributed by atoms with E-state index in [-0.39, 0.29) is 31.6 Å². The monoisotopic (exact) mass is 502 g/mol. The van der Waals surface area contributed by atoms with Crippen molar-refractivity contribution >= 4 is 46.5 Å². The number of carbonyl (C=O) groups excluding carboxylic acids is 2. The van der Waals surface area contributed by atoms with E-state index in [2.05, 4.69) is 10.3 Å². The van der Waals surface area contributed by atoms with Crippen molar-refractivity contribution < 1.29 is 23.8 Å². The van der Waals surface area contributed by atoms with Crippen molar-refractivity contribution in [3.63, 3.8) is 0 Å². The molecule has 11 heteroatoms. The Kier molecular flexibility index (Phi) is 13.1. The largest absolute Gasteiger partial charge is 0.387 e. The van der Waals surface area contributed by atoms with E-state index >= 15 is 0 Å². The fourth-order valence-corrected chi connectivity index (χ4v) is 3.38. The maximum absolute atomic E-state index is 11.9. The molecule has 9 nitrogen and oxygen atoms in total. The zero-order chi connectivity index (χ0) is 23.9. The number of amides is 2. The molecule has 0 atom stereocenters. The minimum Gasteiger partial charge on any atom is -0.387 e. The molecule has 1 aromatic carbocycles. The third-order valence-corrected chi connectivity index (χ3v) is 5.54. The van der Waals surface area contributed by atoms with E-state index in [1.165, 1.54) is 6.42 Å². The third-order valence-electron chi connectivity index (χ3n) is 4.80. The number of nitrogens with zero attached hydrogens (tertiary/aromatic N) is 2. The smallest absolute Gasteiger partial charge is 0.273 e. The number of anilines is 1. The highest BCUT2D eigenvalue weighted by Gasteiger charge is 2.15. The van der Waals surface area contributed by atoms with E-state index in [9.17, 15) is 9.59 Å². The lowest BCUT2D eigenvalue weighted by Crippen LogP contribution is -2.38. The summed E-state index contributed by atoms with van der Waals surface area (Å²) in [6, 6.07) is 5.20. The molecule has 2 amide bonds. The molecule has 2 rings (SSSR count).